The van der Waals surface area contributed by atoms with Crippen molar-refractivity contribution in [3.05, 3.63) is 34.8 Å². The van der Waals surface area contributed by atoms with E-state index in [2.05, 4.69) is 9.40 Å². The molecular formula is C6H6N2O2. The highest BCUT2D eigenvalue weighted by Gasteiger charge is 1.88. The van der Waals surface area contributed by atoms with Crippen LogP contribution >= 0.6 is 0 Å². The molecule has 4 nitrogen and oxygen atoms in total. The molecule has 0 atom stereocenters. The molecule has 1 aromatic rings. The van der Waals surface area contributed by atoms with Gasteiger partial charge in [0.25, 0.3) is 0 Å². The fourth-order valence-corrected chi connectivity index (χ4v) is 0.494. The smallest absolute Gasteiger partial charge is 0.339 e. The van der Waals surface area contributed by atoms with Gasteiger partial charge in [0.2, 0.25) is 5.89 Å². The van der Waals surface area contributed by atoms with Gasteiger partial charge in [0.15, 0.2) is 0 Å². The molecule has 0 bridgehead atoms. The van der Waals surface area contributed by atoms with E-state index in [4.69, 9.17) is 5.73 Å². The highest BCUT2D eigenvalue weighted by atomic mass is 16.4. The molecule has 0 aliphatic carbocycles. The van der Waals surface area contributed by atoms with Crippen LogP contribution in [0.15, 0.2) is 27.7 Å². The fraction of sp³-hybridized carbons (Fsp3) is 0. The van der Waals surface area contributed by atoms with Crippen molar-refractivity contribution >= 4 is 6.08 Å². The van der Waals surface area contributed by atoms with Crippen LogP contribution in [0.25, 0.3) is 6.08 Å². The first-order valence-corrected chi connectivity index (χ1v) is 2.67. The van der Waals surface area contributed by atoms with Gasteiger partial charge in [-0.15, -0.1) is 0 Å². The van der Waals surface area contributed by atoms with Crippen LogP contribution < -0.4 is 11.4 Å². The molecule has 4 heteroatoms. The summed E-state index contributed by atoms with van der Waals surface area (Å²) in [6.07, 6.45) is 4.02. The van der Waals surface area contributed by atoms with Crippen molar-refractivity contribution in [3.8, 4) is 0 Å². The van der Waals surface area contributed by atoms with E-state index >= 15 is 0 Å². The monoisotopic (exact) mass is 138 g/mol. The molecule has 0 aromatic carbocycles. The Kier molecular flexibility index (Phi) is 1.84. The predicted octanol–water partition coefficient (Wildman–Crippen LogP) is -0.0358. The maximum absolute atomic E-state index is 10.5. The van der Waals surface area contributed by atoms with Crippen LogP contribution in [0.1, 0.15) is 5.89 Å². The van der Waals surface area contributed by atoms with Gasteiger partial charge in [-0.3, -0.25) is 0 Å². The lowest BCUT2D eigenvalue weighted by molar-refractivity contribution is 0.479. The highest BCUT2D eigenvalue weighted by Crippen LogP contribution is 1.88. The third kappa shape index (κ3) is 1.45. The molecule has 0 saturated heterocycles. The third-order valence-corrected chi connectivity index (χ3v) is 0.856. The van der Waals surface area contributed by atoms with E-state index in [0.29, 0.717) is 0 Å². The summed E-state index contributed by atoms with van der Waals surface area (Å²) >= 11 is 0. The Morgan fingerprint density at radius 1 is 1.70 bits per heavy atom. The molecule has 0 aliphatic heterocycles. The van der Waals surface area contributed by atoms with Gasteiger partial charge in [0, 0.05) is 18.3 Å². The molecule has 0 unspecified atom stereocenters. The first kappa shape index (κ1) is 6.54. The van der Waals surface area contributed by atoms with Crippen molar-refractivity contribution in [2.24, 2.45) is 5.73 Å². The summed E-state index contributed by atoms with van der Waals surface area (Å²) in [5.41, 5.74) is 4.60. The van der Waals surface area contributed by atoms with E-state index in [9.17, 15) is 4.79 Å². The third-order valence-electron chi connectivity index (χ3n) is 0.856. The van der Waals surface area contributed by atoms with Crippen LogP contribution in [0, 0.1) is 0 Å². The van der Waals surface area contributed by atoms with Gasteiger partial charge in [-0.2, -0.15) is 0 Å². The van der Waals surface area contributed by atoms with Crippen molar-refractivity contribution in [2.75, 3.05) is 0 Å². The average Bonchev–Trinajstić information content (AvgIpc) is 1.88. The highest BCUT2D eigenvalue weighted by molar-refractivity contribution is 5.35. The zero-order chi connectivity index (χ0) is 7.40. The van der Waals surface area contributed by atoms with Gasteiger partial charge in [-0.25, -0.2) is 9.78 Å². The van der Waals surface area contributed by atoms with Crippen molar-refractivity contribution in [3.63, 3.8) is 0 Å². The van der Waals surface area contributed by atoms with Gasteiger partial charge in [-0.1, -0.05) is 0 Å². The lowest BCUT2D eigenvalue weighted by atomic mass is 10.6. The first-order chi connectivity index (χ1) is 4.83. The molecule has 10 heavy (non-hydrogen) atoms. The van der Waals surface area contributed by atoms with Gasteiger partial charge in [-0.05, 0) is 6.20 Å². The summed E-state index contributed by atoms with van der Waals surface area (Å²) in [5.74, 6) is 0.218. The van der Waals surface area contributed by atoms with Gasteiger partial charge in [0.05, 0.1) is 0 Å². The quantitative estimate of drug-likeness (QED) is 0.591. The Balaban J connectivity index is 3.07. The zero-order valence-electron chi connectivity index (χ0n) is 5.15. The molecule has 2 N–H and O–H groups in total. The Hall–Kier alpha value is -1.58. The summed E-state index contributed by atoms with van der Waals surface area (Å²) < 4.78 is 4.58. The lowest BCUT2D eigenvalue weighted by Crippen LogP contribution is -1.97. The Labute approximate surface area is 57.0 Å². The lowest BCUT2D eigenvalue weighted by Gasteiger charge is -1.85. The summed E-state index contributed by atoms with van der Waals surface area (Å²) in [5, 5.41) is 0. The second kappa shape index (κ2) is 2.82. The second-order valence-electron chi connectivity index (χ2n) is 1.56. The van der Waals surface area contributed by atoms with Crippen LogP contribution in [-0.2, 0) is 0 Å². The summed E-state index contributed by atoms with van der Waals surface area (Å²) in [7, 11) is 0. The maximum atomic E-state index is 10.5. The van der Waals surface area contributed by atoms with E-state index in [1.807, 2.05) is 0 Å². The SMILES string of the molecule is NC=Cc1nccc(=O)o1. The van der Waals surface area contributed by atoms with E-state index in [1.54, 1.807) is 0 Å². The van der Waals surface area contributed by atoms with Gasteiger partial charge < -0.3 is 10.2 Å². The molecule has 0 aliphatic rings. The van der Waals surface area contributed by atoms with Crippen LogP contribution in [0.4, 0.5) is 0 Å². The average molecular weight is 138 g/mol. The predicted molar refractivity (Wildman–Crippen MR) is 36.0 cm³/mol. The molecule has 1 rings (SSSR count). The van der Waals surface area contributed by atoms with Crippen LogP contribution in [0.2, 0.25) is 0 Å². The van der Waals surface area contributed by atoms with E-state index < -0.39 is 5.63 Å². The van der Waals surface area contributed by atoms with Crippen molar-refractivity contribution in [2.45, 2.75) is 0 Å². The molecule has 1 aromatic heterocycles. The zero-order valence-corrected chi connectivity index (χ0v) is 5.15. The summed E-state index contributed by atoms with van der Waals surface area (Å²) in [6.45, 7) is 0. The molecule has 1 heterocycles. The molecule has 0 amide bonds. The summed E-state index contributed by atoms with van der Waals surface area (Å²) in [4.78, 5) is 14.2. The van der Waals surface area contributed by atoms with Crippen molar-refractivity contribution in [1.29, 1.82) is 0 Å². The number of nitrogens with zero attached hydrogens (tertiary/aromatic N) is 1. The fourth-order valence-electron chi connectivity index (χ4n) is 0.494. The maximum Gasteiger partial charge on any atom is 0.339 e. The Morgan fingerprint density at radius 3 is 3.10 bits per heavy atom. The number of nitrogens with two attached hydrogens (primary N) is 1. The van der Waals surface area contributed by atoms with E-state index in [0.717, 1.165) is 0 Å². The normalized spacial score (nSPS) is 10.4. The number of rotatable bonds is 1. The Morgan fingerprint density at radius 2 is 2.50 bits per heavy atom. The standard InChI is InChI=1S/C6H6N2O2/c7-3-1-5-8-4-2-6(9)10-5/h1-4H,7H2. The second-order valence-corrected chi connectivity index (χ2v) is 1.56. The van der Waals surface area contributed by atoms with Crippen LogP contribution in [0.3, 0.4) is 0 Å². The molecule has 0 radical (unpaired) electrons. The molecule has 0 saturated carbocycles. The molecule has 0 spiro atoms. The number of hydrogen-bond acceptors (Lipinski definition) is 4. The molecule has 52 valence electrons. The van der Waals surface area contributed by atoms with E-state index in [-0.39, 0.29) is 5.89 Å². The van der Waals surface area contributed by atoms with Crippen molar-refractivity contribution in [1.82, 2.24) is 4.98 Å². The number of aromatic nitrogens is 1. The minimum Gasteiger partial charge on any atom is -0.404 e. The summed E-state index contributed by atoms with van der Waals surface area (Å²) in [6, 6.07) is 1.23. The van der Waals surface area contributed by atoms with Gasteiger partial charge in [0.1, 0.15) is 0 Å². The van der Waals surface area contributed by atoms with Crippen LogP contribution in [0.5, 0.6) is 0 Å². The van der Waals surface area contributed by atoms with Crippen molar-refractivity contribution < 1.29 is 4.42 Å². The van der Waals surface area contributed by atoms with E-state index in [1.165, 1.54) is 24.5 Å². The molecular weight excluding hydrogens is 132 g/mol. The first-order valence-electron chi connectivity index (χ1n) is 2.67. The van der Waals surface area contributed by atoms with Gasteiger partial charge >= 0.3 is 5.63 Å². The topological polar surface area (TPSA) is 69.1 Å². The van der Waals surface area contributed by atoms with Crippen LogP contribution in [-0.4, -0.2) is 4.98 Å². The largest absolute Gasteiger partial charge is 0.404 e. The molecule has 0 fully saturated rings. The minimum absolute atomic E-state index is 0.218. The minimum atomic E-state index is -0.428. The Bertz CT molecular complexity index is 290. The number of hydrogen-bond donors (Lipinski definition) is 1.